The second kappa shape index (κ2) is 6.05. The number of amides is 1. The Labute approximate surface area is 113 Å². The Morgan fingerprint density at radius 2 is 2.06 bits per heavy atom. The molecule has 1 aromatic rings. The van der Waals surface area contributed by atoms with Gasteiger partial charge >= 0.3 is 0 Å². The molecule has 1 heterocycles. The van der Waals surface area contributed by atoms with E-state index in [9.17, 15) is 4.79 Å². The molecule has 0 atom stereocenters. The number of anilines is 1. The minimum absolute atomic E-state index is 0.147. The molecule has 0 aliphatic heterocycles. The van der Waals surface area contributed by atoms with Crippen molar-refractivity contribution >= 4 is 23.3 Å². The summed E-state index contributed by atoms with van der Waals surface area (Å²) in [5, 5.41) is 6.33. The smallest absolute Gasteiger partial charge is 0.251 e. The zero-order valence-electron chi connectivity index (χ0n) is 11.3. The van der Waals surface area contributed by atoms with Gasteiger partial charge in [0.25, 0.3) is 5.91 Å². The van der Waals surface area contributed by atoms with Crippen LogP contribution < -0.4 is 10.6 Å². The van der Waals surface area contributed by atoms with E-state index >= 15 is 0 Å². The van der Waals surface area contributed by atoms with Gasteiger partial charge in [-0.25, -0.2) is 4.98 Å². The molecule has 1 rings (SSSR count). The largest absolute Gasteiger partial charge is 0.370 e. The van der Waals surface area contributed by atoms with E-state index in [2.05, 4.69) is 22.5 Å². The molecule has 0 aliphatic carbocycles. The molecule has 0 radical (unpaired) electrons. The van der Waals surface area contributed by atoms with E-state index in [1.165, 1.54) is 0 Å². The third-order valence-corrected chi connectivity index (χ3v) is 2.29. The quantitative estimate of drug-likeness (QED) is 0.826. The van der Waals surface area contributed by atoms with Gasteiger partial charge in [-0.3, -0.25) is 4.79 Å². The average Bonchev–Trinajstić information content (AvgIpc) is 2.23. The van der Waals surface area contributed by atoms with Crippen molar-refractivity contribution in [2.24, 2.45) is 0 Å². The van der Waals surface area contributed by atoms with Crippen molar-refractivity contribution in [2.45, 2.75) is 39.7 Å². The zero-order valence-corrected chi connectivity index (χ0v) is 12.1. The number of nitrogens with one attached hydrogen (secondary N) is 2. The molecular formula is C13H20ClN3O. The monoisotopic (exact) mass is 269 g/mol. The molecule has 2 N–H and O–H groups in total. The van der Waals surface area contributed by atoms with Gasteiger partial charge in [0.15, 0.2) is 0 Å². The minimum atomic E-state index is -0.274. The van der Waals surface area contributed by atoms with Crippen LogP contribution in [0.4, 0.5) is 5.82 Å². The highest BCUT2D eigenvalue weighted by atomic mass is 35.5. The lowest BCUT2D eigenvalue weighted by atomic mass is 10.1. The van der Waals surface area contributed by atoms with Gasteiger partial charge in [0, 0.05) is 17.6 Å². The third kappa shape index (κ3) is 4.92. The van der Waals surface area contributed by atoms with Gasteiger partial charge in [0.05, 0.1) is 0 Å². The van der Waals surface area contributed by atoms with Crippen molar-refractivity contribution in [3.05, 3.63) is 22.8 Å². The SMILES string of the molecule is CCCNc1cc(C(=O)NC(C)(C)C)cc(Cl)n1. The first-order chi connectivity index (χ1) is 8.31. The molecule has 100 valence electrons. The van der Waals surface area contributed by atoms with Crippen LogP contribution in [0.5, 0.6) is 0 Å². The van der Waals surface area contributed by atoms with Crippen LogP contribution >= 0.6 is 11.6 Å². The van der Waals surface area contributed by atoms with Crippen LogP contribution in [-0.2, 0) is 0 Å². The van der Waals surface area contributed by atoms with Crippen LogP contribution in [-0.4, -0.2) is 23.0 Å². The highest BCUT2D eigenvalue weighted by molar-refractivity contribution is 6.29. The van der Waals surface area contributed by atoms with Crippen molar-refractivity contribution in [1.29, 1.82) is 0 Å². The van der Waals surface area contributed by atoms with E-state index in [1.807, 2.05) is 20.8 Å². The van der Waals surface area contributed by atoms with Crippen LogP contribution in [0.25, 0.3) is 0 Å². The molecule has 0 aromatic carbocycles. The van der Waals surface area contributed by atoms with Gasteiger partial charge in [-0.1, -0.05) is 18.5 Å². The summed E-state index contributed by atoms with van der Waals surface area (Å²) >= 11 is 5.91. The predicted molar refractivity (Wildman–Crippen MR) is 75.2 cm³/mol. The zero-order chi connectivity index (χ0) is 13.8. The first-order valence-corrected chi connectivity index (χ1v) is 6.43. The lowest BCUT2D eigenvalue weighted by molar-refractivity contribution is 0.0919. The molecule has 0 saturated carbocycles. The van der Waals surface area contributed by atoms with Gasteiger partial charge < -0.3 is 10.6 Å². The fourth-order valence-corrected chi connectivity index (χ4v) is 1.59. The van der Waals surface area contributed by atoms with Crippen molar-refractivity contribution in [3.8, 4) is 0 Å². The Balaban J connectivity index is 2.88. The first-order valence-electron chi connectivity index (χ1n) is 6.06. The van der Waals surface area contributed by atoms with E-state index in [1.54, 1.807) is 12.1 Å². The highest BCUT2D eigenvalue weighted by Crippen LogP contribution is 2.15. The van der Waals surface area contributed by atoms with Crippen molar-refractivity contribution < 1.29 is 4.79 Å². The Hall–Kier alpha value is -1.29. The summed E-state index contributed by atoms with van der Waals surface area (Å²) in [6.07, 6.45) is 0.984. The van der Waals surface area contributed by atoms with Crippen molar-refractivity contribution in [2.75, 3.05) is 11.9 Å². The average molecular weight is 270 g/mol. The lowest BCUT2D eigenvalue weighted by Gasteiger charge is -2.20. The molecule has 4 nitrogen and oxygen atoms in total. The van der Waals surface area contributed by atoms with E-state index in [0.29, 0.717) is 16.5 Å². The van der Waals surface area contributed by atoms with E-state index in [-0.39, 0.29) is 11.4 Å². The van der Waals surface area contributed by atoms with Crippen LogP contribution in [0.2, 0.25) is 5.15 Å². The Kier molecular flexibility index (Phi) is 4.96. The van der Waals surface area contributed by atoms with Crippen LogP contribution in [0.15, 0.2) is 12.1 Å². The molecule has 0 spiro atoms. The number of hydrogen-bond donors (Lipinski definition) is 2. The fourth-order valence-electron chi connectivity index (χ4n) is 1.38. The molecule has 5 heteroatoms. The van der Waals surface area contributed by atoms with Crippen LogP contribution in [0.1, 0.15) is 44.5 Å². The molecule has 0 fully saturated rings. The molecule has 1 amide bonds. The van der Waals surface area contributed by atoms with Gasteiger partial charge in [-0.05, 0) is 39.3 Å². The number of hydrogen-bond acceptors (Lipinski definition) is 3. The molecular weight excluding hydrogens is 250 g/mol. The van der Waals surface area contributed by atoms with E-state index in [4.69, 9.17) is 11.6 Å². The lowest BCUT2D eigenvalue weighted by Crippen LogP contribution is -2.40. The standard InChI is InChI=1S/C13H20ClN3O/c1-5-6-15-11-8-9(7-10(14)16-11)12(18)17-13(2,3)4/h7-8H,5-6H2,1-4H3,(H,15,16)(H,17,18). The molecule has 0 bridgehead atoms. The van der Waals surface area contributed by atoms with Crippen LogP contribution in [0.3, 0.4) is 0 Å². The van der Waals surface area contributed by atoms with Gasteiger partial charge in [0.1, 0.15) is 11.0 Å². The van der Waals surface area contributed by atoms with Crippen molar-refractivity contribution in [1.82, 2.24) is 10.3 Å². The third-order valence-electron chi connectivity index (χ3n) is 2.10. The number of pyridine rings is 1. The highest BCUT2D eigenvalue weighted by Gasteiger charge is 2.16. The second-order valence-corrected chi connectivity index (χ2v) is 5.58. The minimum Gasteiger partial charge on any atom is -0.370 e. The maximum atomic E-state index is 12.0. The van der Waals surface area contributed by atoms with Gasteiger partial charge in [0.2, 0.25) is 0 Å². The summed E-state index contributed by atoms with van der Waals surface area (Å²) in [7, 11) is 0. The van der Waals surface area contributed by atoms with Crippen LogP contribution in [0, 0.1) is 0 Å². The summed E-state index contributed by atoms with van der Waals surface area (Å²) in [6, 6.07) is 3.28. The number of rotatable bonds is 4. The number of carbonyl (C=O) groups is 1. The molecule has 0 aliphatic rings. The summed E-state index contributed by atoms with van der Waals surface area (Å²) in [5.74, 6) is 0.481. The number of halogens is 1. The summed E-state index contributed by atoms with van der Waals surface area (Å²) < 4.78 is 0. The van der Waals surface area contributed by atoms with E-state index in [0.717, 1.165) is 13.0 Å². The summed E-state index contributed by atoms with van der Waals surface area (Å²) in [5.41, 5.74) is 0.243. The van der Waals surface area contributed by atoms with Gasteiger partial charge in [-0.15, -0.1) is 0 Å². The predicted octanol–water partition coefficient (Wildman–Crippen LogP) is 3.09. The Morgan fingerprint density at radius 3 is 2.61 bits per heavy atom. The normalized spacial score (nSPS) is 11.2. The van der Waals surface area contributed by atoms with E-state index < -0.39 is 0 Å². The summed E-state index contributed by atoms with van der Waals surface area (Å²) in [6.45, 7) is 8.66. The molecule has 0 unspecified atom stereocenters. The number of carbonyl (C=O) groups excluding carboxylic acids is 1. The second-order valence-electron chi connectivity index (χ2n) is 5.19. The molecule has 1 aromatic heterocycles. The van der Waals surface area contributed by atoms with Crippen molar-refractivity contribution in [3.63, 3.8) is 0 Å². The van der Waals surface area contributed by atoms with Gasteiger partial charge in [-0.2, -0.15) is 0 Å². The molecule has 18 heavy (non-hydrogen) atoms. The Bertz CT molecular complexity index is 427. The maximum Gasteiger partial charge on any atom is 0.251 e. The Morgan fingerprint density at radius 1 is 1.39 bits per heavy atom. The molecule has 0 saturated heterocycles. The number of aromatic nitrogens is 1. The summed E-state index contributed by atoms with van der Waals surface area (Å²) in [4.78, 5) is 16.1. The first kappa shape index (κ1) is 14.8. The topological polar surface area (TPSA) is 54.0 Å². The fraction of sp³-hybridized carbons (Fsp3) is 0.538. The number of nitrogens with zero attached hydrogens (tertiary/aromatic N) is 1. The maximum absolute atomic E-state index is 12.0.